The van der Waals surface area contributed by atoms with E-state index in [1.165, 1.54) is 5.57 Å². The minimum absolute atomic E-state index is 0.925. The Balaban J connectivity index is 2.70. The van der Waals surface area contributed by atoms with E-state index in [9.17, 15) is 0 Å². The van der Waals surface area contributed by atoms with Crippen LogP contribution < -0.4 is 5.32 Å². The number of allylic oxidation sites excluding steroid dienone is 2. The molecule has 0 aromatic carbocycles. The number of nitrogens with one attached hydrogen (secondary N) is 1. The van der Waals surface area contributed by atoms with Crippen LogP contribution in [0.2, 0.25) is 0 Å². The number of thiocarbonyl (C=S) groups is 1. The quantitative estimate of drug-likeness (QED) is 0.710. The molecule has 0 amide bonds. The molecule has 0 atom stereocenters. The molecule has 76 valence electrons. The van der Waals surface area contributed by atoms with Gasteiger partial charge in [0, 0.05) is 12.7 Å². The molecule has 0 aromatic rings. The fraction of sp³-hybridized carbons (Fsp3) is 0.455. The van der Waals surface area contributed by atoms with Crippen molar-refractivity contribution < 1.29 is 0 Å². The maximum Gasteiger partial charge on any atom is 0.0973 e. The molecule has 1 aliphatic rings. The highest BCUT2D eigenvalue weighted by atomic mass is 32.1. The summed E-state index contributed by atoms with van der Waals surface area (Å²) in [5.74, 6) is 0. The summed E-state index contributed by atoms with van der Waals surface area (Å²) in [6.45, 7) is 7.38. The molecule has 0 aliphatic carbocycles. The zero-order valence-corrected chi connectivity index (χ0v) is 9.53. The van der Waals surface area contributed by atoms with Crippen molar-refractivity contribution in [2.24, 2.45) is 0 Å². The molecule has 1 rings (SSSR count). The fourth-order valence-corrected chi connectivity index (χ4v) is 1.58. The number of dihydropyridines is 1. The van der Waals surface area contributed by atoms with Gasteiger partial charge in [-0.2, -0.15) is 0 Å². The van der Waals surface area contributed by atoms with Gasteiger partial charge in [-0.25, -0.2) is 0 Å². The molecule has 1 N–H and O–H groups in total. The van der Waals surface area contributed by atoms with Gasteiger partial charge in [0.1, 0.15) is 0 Å². The van der Waals surface area contributed by atoms with Crippen LogP contribution in [0.1, 0.15) is 13.8 Å². The van der Waals surface area contributed by atoms with Crippen molar-refractivity contribution in [2.45, 2.75) is 13.8 Å². The van der Waals surface area contributed by atoms with Crippen LogP contribution in [-0.2, 0) is 0 Å². The van der Waals surface area contributed by atoms with Crippen molar-refractivity contribution >= 4 is 17.2 Å². The first-order chi connectivity index (χ1) is 6.81. The Labute approximate surface area is 91.0 Å². The second-order valence-electron chi connectivity index (χ2n) is 3.13. The predicted molar refractivity (Wildman–Crippen MR) is 64.3 cm³/mol. The maximum absolute atomic E-state index is 4.83. The molecule has 0 saturated heterocycles. The number of nitrogens with zero attached hydrogens (tertiary/aromatic N) is 1. The van der Waals surface area contributed by atoms with E-state index in [0.717, 1.165) is 25.3 Å². The van der Waals surface area contributed by atoms with E-state index in [0.29, 0.717) is 0 Å². The van der Waals surface area contributed by atoms with Gasteiger partial charge < -0.3 is 5.32 Å². The van der Waals surface area contributed by atoms with Gasteiger partial charge in [0.2, 0.25) is 0 Å². The van der Waals surface area contributed by atoms with Gasteiger partial charge in [-0.1, -0.05) is 19.9 Å². The molecule has 0 saturated carbocycles. The first kappa shape index (κ1) is 11.2. The lowest BCUT2D eigenvalue weighted by Crippen LogP contribution is -2.28. The highest BCUT2D eigenvalue weighted by Crippen LogP contribution is 2.10. The Morgan fingerprint density at radius 2 is 2.14 bits per heavy atom. The molecule has 0 spiro atoms. The Morgan fingerprint density at radius 1 is 1.43 bits per heavy atom. The van der Waals surface area contributed by atoms with Crippen LogP contribution in [0, 0.1) is 0 Å². The van der Waals surface area contributed by atoms with Crippen molar-refractivity contribution in [2.75, 3.05) is 19.6 Å². The molecule has 0 aromatic heterocycles. The summed E-state index contributed by atoms with van der Waals surface area (Å²) in [6.07, 6.45) is 5.96. The molecule has 1 heterocycles. The third kappa shape index (κ3) is 2.81. The Kier molecular flexibility index (Phi) is 4.60. The van der Waals surface area contributed by atoms with E-state index in [4.69, 9.17) is 12.2 Å². The van der Waals surface area contributed by atoms with Gasteiger partial charge in [0.05, 0.1) is 5.70 Å². The summed E-state index contributed by atoms with van der Waals surface area (Å²) in [4.78, 5) is 2.35. The highest BCUT2D eigenvalue weighted by Gasteiger charge is 2.09. The molecule has 0 radical (unpaired) electrons. The van der Waals surface area contributed by atoms with Gasteiger partial charge in [0.25, 0.3) is 0 Å². The fourth-order valence-electron chi connectivity index (χ4n) is 1.39. The van der Waals surface area contributed by atoms with Gasteiger partial charge >= 0.3 is 0 Å². The van der Waals surface area contributed by atoms with E-state index in [1.807, 2.05) is 12.3 Å². The normalized spacial score (nSPS) is 15.1. The first-order valence-corrected chi connectivity index (χ1v) is 5.32. The summed E-state index contributed by atoms with van der Waals surface area (Å²) in [5, 5.41) is 5.85. The zero-order valence-electron chi connectivity index (χ0n) is 8.71. The summed E-state index contributed by atoms with van der Waals surface area (Å²) in [7, 11) is 0. The Bertz CT molecular complexity index is 294. The molecule has 1 aliphatic heterocycles. The lowest BCUT2D eigenvalue weighted by atomic mass is 10.1. The number of hydrogen-bond acceptors (Lipinski definition) is 3. The molecular formula is C11H16N2S. The molecule has 2 nitrogen and oxygen atoms in total. The van der Waals surface area contributed by atoms with E-state index in [2.05, 4.69) is 35.2 Å². The van der Waals surface area contributed by atoms with Crippen molar-refractivity contribution in [3.05, 3.63) is 29.6 Å². The average Bonchev–Trinajstić information content (AvgIpc) is 2.26. The third-order valence-corrected chi connectivity index (χ3v) is 2.54. The Hall–Kier alpha value is -0.890. The van der Waals surface area contributed by atoms with E-state index < -0.39 is 0 Å². The van der Waals surface area contributed by atoms with Gasteiger partial charge in [0.15, 0.2) is 0 Å². The van der Waals surface area contributed by atoms with Crippen LogP contribution in [-0.4, -0.2) is 29.6 Å². The van der Waals surface area contributed by atoms with E-state index >= 15 is 0 Å². The van der Waals surface area contributed by atoms with Crippen LogP contribution in [0.15, 0.2) is 29.6 Å². The predicted octanol–water partition coefficient (Wildman–Crippen LogP) is 1.85. The number of hydrogen-bond donors (Lipinski definition) is 1. The SMILES string of the molecule is CCN(CC)CC1=CC=CNC1=C=S. The third-order valence-electron chi connectivity index (χ3n) is 2.33. The second-order valence-corrected chi connectivity index (χ2v) is 3.34. The van der Waals surface area contributed by atoms with Crippen LogP contribution in [0.25, 0.3) is 0 Å². The summed E-state index contributed by atoms with van der Waals surface area (Å²) in [5.41, 5.74) is 2.14. The summed E-state index contributed by atoms with van der Waals surface area (Å²) < 4.78 is 0. The van der Waals surface area contributed by atoms with Crippen LogP contribution in [0.4, 0.5) is 0 Å². The molecule has 0 bridgehead atoms. The van der Waals surface area contributed by atoms with Crippen LogP contribution >= 0.6 is 12.2 Å². The van der Waals surface area contributed by atoms with E-state index in [1.54, 1.807) is 0 Å². The molecule has 3 heteroatoms. The first-order valence-electron chi connectivity index (χ1n) is 4.91. The molecular weight excluding hydrogens is 192 g/mol. The van der Waals surface area contributed by atoms with Crippen molar-refractivity contribution in [3.63, 3.8) is 0 Å². The van der Waals surface area contributed by atoms with Crippen LogP contribution in [0.3, 0.4) is 0 Å². The van der Waals surface area contributed by atoms with Crippen LogP contribution in [0.5, 0.6) is 0 Å². The largest absolute Gasteiger partial charge is 0.354 e. The van der Waals surface area contributed by atoms with Gasteiger partial charge in [-0.3, -0.25) is 4.90 Å². The minimum Gasteiger partial charge on any atom is -0.354 e. The summed E-state index contributed by atoms with van der Waals surface area (Å²) in [6, 6.07) is 0. The number of rotatable bonds is 4. The highest BCUT2D eigenvalue weighted by molar-refractivity contribution is 7.78. The summed E-state index contributed by atoms with van der Waals surface area (Å²) >= 11 is 4.83. The zero-order chi connectivity index (χ0) is 10.4. The number of likely N-dealkylation sites (N-methyl/N-ethyl adjacent to an activating group) is 1. The van der Waals surface area contributed by atoms with Crippen molar-refractivity contribution in [1.82, 2.24) is 10.2 Å². The lowest BCUT2D eigenvalue weighted by Gasteiger charge is -2.21. The van der Waals surface area contributed by atoms with Crippen molar-refractivity contribution in [3.8, 4) is 0 Å². The molecule has 0 fully saturated rings. The average molecular weight is 208 g/mol. The Morgan fingerprint density at radius 3 is 2.71 bits per heavy atom. The minimum atomic E-state index is 0.925. The smallest absolute Gasteiger partial charge is 0.0973 e. The molecule has 14 heavy (non-hydrogen) atoms. The van der Waals surface area contributed by atoms with Crippen molar-refractivity contribution in [1.29, 1.82) is 0 Å². The standard InChI is InChI=1S/C11H16N2S/c1-3-13(4-2)8-10-6-5-7-12-11(10)9-14/h5-7,12H,3-4,8H2,1-2H3. The lowest BCUT2D eigenvalue weighted by molar-refractivity contribution is 0.330. The molecule has 0 unspecified atom stereocenters. The second kappa shape index (κ2) is 5.76. The monoisotopic (exact) mass is 208 g/mol. The van der Waals surface area contributed by atoms with Gasteiger partial charge in [-0.05, 0) is 42.0 Å². The van der Waals surface area contributed by atoms with Gasteiger partial charge in [-0.15, -0.1) is 0 Å². The topological polar surface area (TPSA) is 15.3 Å². The maximum atomic E-state index is 4.83. The van der Waals surface area contributed by atoms with E-state index in [-0.39, 0.29) is 0 Å².